The molecule has 0 aliphatic heterocycles. The smallest absolute Gasteiger partial charge is 0.307 e. The number of carboxylic acid groups (broad SMARTS) is 1. The average molecular weight is 292 g/mol. The van der Waals surface area contributed by atoms with E-state index in [4.69, 9.17) is 10.8 Å². The second kappa shape index (κ2) is 9.13. The molecular weight excluding hydrogens is 268 g/mol. The van der Waals surface area contributed by atoms with Crippen LogP contribution in [0.3, 0.4) is 0 Å². The van der Waals surface area contributed by atoms with Crippen LogP contribution in [0.15, 0.2) is 24.3 Å². The Balaban J connectivity index is 2.42. The average Bonchev–Trinajstić information content (AvgIpc) is 2.45. The van der Waals surface area contributed by atoms with Gasteiger partial charge in [-0.15, -0.1) is 0 Å². The van der Waals surface area contributed by atoms with Crippen LogP contribution in [0.25, 0.3) is 0 Å². The molecule has 0 aliphatic rings. The predicted molar refractivity (Wildman–Crippen MR) is 83.1 cm³/mol. The van der Waals surface area contributed by atoms with Crippen LogP contribution >= 0.6 is 0 Å². The fourth-order valence-electron chi connectivity index (χ4n) is 2.23. The molecule has 5 nitrogen and oxygen atoms in total. The summed E-state index contributed by atoms with van der Waals surface area (Å²) in [4.78, 5) is 22.4. The van der Waals surface area contributed by atoms with Gasteiger partial charge >= 0.3 is 5.97 Å². The molecule has 1 unspecified atom stereocenters. The molecule has 0 aliphatic carbocycles. The van der Waals surface area contributed by atoms with Crippen molar-refractivity contribution in [2.45, 2.75) is 39.0 Å². The minimum atomic E-state index is -0.864. The molecule has 0 aromatic heterocycles. The Morgan fingerprint density at radius 3 is 2.43 bits per heavy atom. The van der Waals surface area contributed by atoms with Gasteiger partial charge in [-0.3, -0.25) is 9.59 Å². The SMILES string of the molecule is CCC(CCN)CCC(=O)Nc1ccc(CC(=O)O)cc1. The van der Waals surface area contributed by atoms with Crippen LogP contribution in [0.4, 0.5) is 5.69 Å². The van der Waals surface area contributed by atoms with Crippen LogP contribution < -0.4 is 11.1 Å². The highest BCUT2D eigenvalue weighted by Gasteiger charge is 2.09. The van der Waals surface area contributed by atoms with Crippen molar-refractivity contribution in [3.63, 3.8) is 0 Å². The molecule has 4 N–H and O–H groups in total. The van der Waals surface area contributed by atoms with Gasteiger partial charge in [0, 0.05) is 12.1 Å². The zero-order chi connectivity index (χ0) is 15.7. The van der Waals surface area contributed by atoms with E-state index < -0.39 is 5.97 Å². The summed E-state index contributed by atoms with van der Waals surface area (Å²) in [6.45, 7) is 2.77. The lowest BCUT2D eigenvalue weighted by Crippen LogP contribution is -2.15. The first-order chi connectivity index (χ1) is 10.0. The molecule has 0 heterocycles. The standard InChI is InChI=1S/C16H24N2O3/c1-2-12(9-10-17)5-8-15(19)18-14-6-3-13(4-7-14)11-16(20)21/h3-4,6-7,12H,2,5,8-11,17H2,1H3,(H,18,19)(H,20,21). The third kappa shape index (κ3) is 6.90. The van der Waals surface area contributed by atoms with E-state index in [0.29, 0.717) is 24.6 Å². The van der Waals surface area contributed by atoms with Crippen molar-refractivity contribution in [1.82, 2.24) is 0 Å². The number of aliphatic carboxylic acids is 1. The number of rotatable bonds is 9. The summed E-state index contributed by atoms with van der Waals surface area (Å²) in [6, 6.07) is 6.89. The lowest BCUT2D eigenvalue weighted by atomic mass is 9.96. The third-order valence-corrected chi connectivity index (χ3v) is 3.52. The predicted octanol–water partition coefficient (Wildman–Crippen LogP) is 2.41. The van der Waals surface area contributed by atoms with Gasteiger partial charge in [0.1, 0.15) is 0 Å². The lowest BCUT2D eigenvalue weighted by Gasteiger charge is -2.13. The number of hydrogen-bond donors (Lipinski definition) is 3. The van der Waals surface area contributed by atoms with Gasteiger partial charge in [0.15, 0.2) is 0 Å². The van der Waals surface area contributed by atoms with Crippen LogP contribution in [0.5, 0.6) is 0 Å². The van der Waals surface area contributed by atoms with Crippen LogP contribution in [0, 0.1) is 5.92 Å². The Labute approximate surface area is 125 Å². The number of amides is 1. The maximum Gasteiger partial charge on any atom is 0.307 e. The van der Waals surface area contributed by atoms with Crippen LogP contribution in [0.2, 0.25) is 0 Å². The second-order valence-corrected chi connectivity index (χ2v) is 5.21. The molecule has 1 aromatic carbocycles. The number of anilines is 1. The zero-order valence-corrected chi connectivity index (χ0v) is 12.5. The maximum absolute atomic E-state index is 11.9. The molecule has 5 heteroatoms. The quantitative estimate of drug-likeness (QED) is 0.651. The highest BCUT2D eigenvalue weighted by atomic mass is 16.4. The molecule has 1 rings (SSSR count). The molecule has 1 atom stereocenters. The van der Waals surface area contributed by atoms with E-state index in [2.05, 4.69) is 12.2 Å². The summed E-state index contributed by atoms with van der Waals surface area (Å²) < 4.78 is 0. The van der Waals surface area contributed by atoms with Gasteiger partial charge in [-0.2, -0.15) is 0 Å². The van der Waals surface area contributed by atoms with Crippen molar-refractivity contribution in [3.05, 3.63) is 29.8 Å². The van der Waals surface area contributed by atoms with E-state index in [9.17, 15) is 9.59 Å². The Morgan fingerprint density at radius 1 is 1.24 bits per heavy atom. The largest absolute Gasteiger partial charge is 0.481 e. The maximum atomic E-state index is 11.9. The first-order valence-corrected chi connectivity index (χ1v) is 7.35. The van der Waals surface area contributed by atoms with Crippen LogP contribution in [-0.2, 0) is 16.0 Å². The van der Waals surface area contributed by atoms with Crippen LogP contribution in [0.1, 0.15) is 38.2 Å². The molecule has 0 spiro atoms. The molecule has 21 heavy (non-hydrogen) atoms. The molecule has 1 amide bonds. The van der Waals surface area contributed by atoms with Gasteiger partial charge < -0.3 is 16.2 Å². The van der Waals surface area contributed by atoms with Crippen molar-refractivity contribution in [2.24, 2.45) is 11.7 Å². The Bertz CT molecular complexity index is 457. The molecule has 0 saturated carbocycles. The summed E-state index contributed by atoms with van der Waals surface area (Å²) >= 11 is 0. The Kier molecular flexibility index (Phi) is 7.46. The number of nitrogens with two attached hydrogens (primary N) is 1. The minimum absolute atomic E-state index is 0.00844. The van der Waals surface area contributed by atoms with E-state index in [1.54, 1.807) is 24.3 Å². The van der Waals surface area contributed by atoms with Crippen molar-refractivity contribution < 1.29 is 14.7 Å². The van der Waals surface area contributed by atoms with Crippen molar-refractivity contribution in [2.75, 3.05) is 11.9 Å². The third-order valence-electron chi connectivity index (χ3n) is 3.52. The van der Waals surface area contributed by atoms with Gasteiger partial charge in [0.2, 0.25) is 5.91 Å². The van der Waals surface area contributed by atoms with Gasteiger partial charge in [-0.1, -0.05) is 25.5 Å². The van der Waals surface area contributed by atoms with Gasteiger partial charge in [-0.05, 0) is 43.0 Å². The van der Waals surface area contributed by atoms with E-state index in [1.165, 1.54) is 0 Å². The molecule has 0 bridgehead atoms. The van der Waals surface area contributed by atoms with Gasteiger partial charge in [-0.25, -0.2) is 0 Å². The molecule has 0 saturated heterocycles. The number of hydrogen-bond acceptors (Lipinski definition) is 3. The fraction of sp³-hybridized carbons (Fsp3) is 0.500. The normalized spacial score (nSPS) is 11.9. The number of carbonyl (C=O) groups excluding carboxylic acids is 1. The van der Waals surface area contributed by atoms with Gasteiger partial charge in [0.25, 0.3) is 0 Å². The molecule has 116 valence electrons. The van der Waals surface area contributed by atoms with Crippen molar-refractivity contribution >= 4 is 17.6 Å². The van der Waals surface area contributed by atoms with E-state index in [1.807, 2.05) is 0 Å². The lowest BCUT2D eigenvalue weighted by molar-refractivity contribution is -0.136. The molecule has 0 fully saturated rings. The van der Waals surface area contributed by atoms with Crippen molar-refractivity contribution in [3.8, 4) is 0 Å². The second-order valence-electron chi connectivity index (χ2n) is 5.21. The highest BCUT2D eigenvalue weighted by molar-refractivity contribution is 5.90. The topological polar surface area (TPSA) is 92.4 Å². The molecular formula is C16H24N2O3. The zero-order valence-electron chi connectivity index (χ0n) is 12.5. The number of benzene rings is 1. The van der Waals surface area contributed by atoms with E-state index in [0.717, 1.165) is 24.8 Å². The Hall–Kier alpha value is -1.88. The molecule has 1 aromatic rings. The first kappa shape index (κ1) is 17.2. The monoisotopic (exact) mass is 292 g/mol. The van der Waals surface area contributed by atoms with Crippen molar-refractivity contribution in [1.29, 1.82) is 0 Å². The summed E-state index contributed by atoms with van der Waals surface area (Å²) in [5.41, 5.74) is 6.95. The van der Waals surface area contributed by atoms with E-state index >= 15 is 0 Å². The summed E-state index contributed by atoms with van der Waals surface area (Å²) in [5, 5.41) is 11.5. The minimum Gasteiger partial charge on any atom is -0.481 e. The van der Waals surface area contributed by atoms with Crippen LogP contribution in [-0.4, -0.2) is 23.5 Å². The highest BCUT2D eigenvalue weighted by Crippen LogP contribution is 2.16. The Morgan fingerprint density at radius 2 is 1.90 bits per heavy atom. The number of nitrogens with one attached hydrogen (secondary N) is 1. The number of carboxylic acids is 1. The number of carbonyl (C=O) groups is 2. The summed E-state index contributed by atoms with van der Waals surface area (Å²) in [7, 11) is 0. The molecule has 0 radical (unpaired) electrons. The van der Waals surface area contributed by atoms with E-state index in [-0.39, 0.29) is 12.3 Å². The summed E-state index contributed by atoms with van der Waals surface area (Å²) in [6.07, 6.45) is 3.31. The van der Waals surface area contributed by atoms with Gasteiger partial charge in [0.05, 0.1) is 6.42 Å². The first-order valence-electron chi connectivity index (χ1n) is 7.35. The fourth-order valence-corrected chi connectivity index (χ4v) is 2.23. The summed E-state index contributed by atoms with van der Waals surface area (Å²) in [5.74, 6) is -0.382.